The summed E-state index contributed by atoms with van der Waals surface area (Å²) in [5.74, 6) is -1.18. The Morgan fingerprint density at radius 3 is 2.79 bits per heavy atom. The maximum absolute atomic E-state index is 12.4. The van der Waals surface area contributed by atoms with Gasteiger partial charge in [0.1, 0.15) is 0 Å². The third kappa shape index (κ3) is 6.13. The van der Waals surface area contributed by atoms with E-state index in [2.05, 4.69) is 40.7 Å². The Hall–Kier alpha value is -2.71. The van der Waals surface area contributed by atoms with E-state index in [-0.39, 0.29) is 12.3 Å². The number of benzene rings is 1. The summed E-state index contributed by atoms with van der Waals surface area (Å²) >= 11 is 2.65. The van der Waals surface area contributed by atoms with Gasteiger partial charge in [0.25, 0.3) is 5.91 Å². The zero-order valence-corrected chi connectivity index (χ0v) is 17.7. The first kappa shape index (κ1) is 21.0. The van der Waals surface area contributed by atoms with Crippen LogP contribution in [0, 0.1) is 0 Å². The molecule has 2 aromatic heterocycles. The molecule has 0 spiro atoms. The van der Waals surface area contributed by atoms with Gasteiger partial charge in [-0.15, -0.1) is 22.7 Å². The number of carboxylic acid groups (broad SMARTS) is 1. The minimum atomic E-state index is -0.945. The number of amides is 1. The summed E-state index contributed by atoms with van der Waals surface area (Å²) in [6.07, 6.45) is 3.22. The third-order valence-corrected chi connectivity index (χ3v) is 6.15. The highest BCUT2D eigenvalue weighted by Crippen LogP contribution is 2.23. The van der Waals surface area contributed by atoms with Gasteiger partial charge in [-0.05, 0) is 36.6 Å². The lowest BCUT2D eigenvalue weighted by Gasteiger charge is -2.11. The largest absolute Gasteiger partial charge is 0.481 e. The van der Waals surface area contributed by atoms with Crippen LogP contribution in [-0.4, -0.2) is 22.0 Å². The summed E-state index contributed by atoms with van der Waals surface area (Å²) in [6, 6.07) is 12.1. The highest BCUT2D eigenvalue weighted by Gasteiger charge is 2.13. The van der Waals surface area contributed by atoms with Gasteiger partial charge in [0, 0.05) is 22.5 Å². The molecule has 0 saturated heterocycles. The first-order valence-corrected chi connectivity index (χ1v) is 11.1. The predicted octanol–water partition coefficient (Wildman–Crippen LogP) is 5.04. The molecule has 0 aliphatic heterocycles. The summed E-state index contributed by atoms with van der Waals surface area (Å²) in [5.41, 5.74) is 2.88. The molecule has 3 aromatic rings. The first-order valence-electron chi connectivity index (χ1n) is 9.43. The number of aliphatic carboxylic acids is 1. The first-order chi connectivity index (χ1) is 14.0. The van der Waals surface area contributed by atoms with E-state index in [1.807, 2.05) is 12.1 Å². The zero-order chi connectivity index (χ0) is 20.6. The molecule has 3 N–H and O–H groups in total. The van der Waals surface area contributed by atoms with E-state index < -0.39 is 5.97 Å². The Bertz CT molecular complexity index is 981. The van der Waals surface area contributed by atoms with Crippen molar-refractivity contribution in [1.29, 1.82) is 0 Å². The molecular weight excluding hydrogens is 406 g/mol. The van der Waals surface area contributed by atoms with Crippen molar-refractivity contribution in [2.75, 3.05) is 10.6 Å². The van der Waals surface area contributed by atoms with E-state index in [9.17, 15) is 9.59 Å². The molecule has 3 rings (SSSR count). The number of carbonyl (C=O) groups is 2. The molecule has 29 heavy (non-hydrogen) atoms. The number of hydrogen-bond acceptors (Lipinski definition) is 6. The maximum atomic E-state index is 12.4. The fraction of sp³-hybridized carbons (Fsp3) is 0.286. The SMILES string of the molecule is CCCCc1ccccc1NCc1ccc(C(=O)Nc2nc(CC(=O)O)cs2)s1. The smallest absolute Gasteiger partial charge is 0.309 e. The van der Waals surface area contributed by atoms with E-state index in [0.717, 1.165) is 29.8 Å². The van der Waals surface area contributed by atoms with Gasteiger partial charge < -0.3 is 10.4 Å². The van der Waals surface area contributed by atoms with Gasteiger partial charge in [0.2, 0.25) is 0 Å². The number of anilines is 2. The molecule has 0 bridgehead atoms. The van der Waals surface area contributed by atoms with Gasteiger partial charge in [-0.25, -0.2) is 4.98 Å². The number of unbranched alkanes of at least 4 members (excludes halogenated alkanes) is 1. The number of nitrogens with one attached hydrogen (secondary N) is 2. The van der Waals surface area contributed by atoms with Crippen molar-refractivity contribution >= 4 is 45.4 Å². The summed E-state index contributed by atoms with van der Waals surface area (Å²) in [7, 11) is 0. The van der Waals surface area contributed by atoms with Gasteiger partial charge in [-0.2, -0.15) is 0 Å². The fourth-order valence-electron chi connectivity index (χ4n) is 2.81. The lowest BCUT2D eigenvalue weighted by molar-refractivity contribution is -0.136. The Morgan fingerprint density at radius 2 is 2.00 bits per heavy atom. The molecule has 8 heteroatoms. The summed E-state index contributed by atoms with van der Waals surface area (Å²) in [5, 5.41) is 17.1. The normalized spacial score (nSPS) is 10.7. The van der Waals surface area contributed by atoms with E-state index >= 15 is 0 Å². The number of nitrogens with zero attached hydrogens (tertiary/aromatic N) is 1. The van der Waals surface area contributed by atoms with E-state index in [1.165, 1.54) is 28.2 Å². The number of carboxylic acids is 1. The second-order valence-electron chi connectivity index (χ2n) is 6.55. The molecule has 0 radical (unpaired) electrons. The monoisotopic (exact) mass is 429 g/mol. The van der Waals surface area contributed by atoms with E-state index in [0.29, 0.717) is 22.2 Å². The van der Waals surface area contributed by atoms with Crippen molar-refractivity contribution in [2.24, 2.45) is 0 Å². The van der Waals surface area contributed by atoms with Crippen LogP contribution in [0.3, 0.4) is 0 Å². The number of carbonyl (C=O) groups excluding carboxylic acids is 1. The van der Waals surface area contributed by atoms with Crippen LogP contribution in [0.2, 0.25) is 0 Å². The average molecular weight is 430 g/mol. The molecule has 0 unspecified atom stereocenters. The Balaban J connectivity index is 1.57. The maximum Gasteiger partial charge on any atom is 0.309 e. The minimum Gasteiger partial charge on any atom is -0.481 e. The topological polar surface area (TPSA) is 91.3 Å². The molecule has 0 aliphatic rings. The average Bonchev–Trinajstić information content (AvgIpc) is 3.34. The van der Waals surface area contributed by atoms with Gasteiger partial charge in [-0.1, -0.05) is 31.5 Å². The Labute approximate surface area is 177 Å². The molecule has 6 nitrogen and oxygen atoms in total. The van der Waals surface area contributed by atoms with Crippen molar-refractivity contribution in [3.05, 3.63) is 62.8 Å². The lowest BCUT2D eigenvalue weighted by Crippen LogP contribution is -2.10. The van der Waals surface area contributed by atoms with Crippen LogP contribution in [0.4, 0.5) is 10.8 Å². The van der Waals surface area contributed by atoms with E-state index in [4.69, 9.17) is 5.11 Å². The molecule has 2 heterocycles. The van der Waals surface area contributed by atoms with Crippen LogP contribution in [0.1, 0.15) is 45.6 Å². The van der Waals surface area contributed by atoms with Gasteiger partial charge in [-0.3, -0.25) is 14.9 Å². The molecule has 0 fully saturated rings. The molecule has 0 saturated carbocycles. The number of thiazole rings is 1. The number of hydrogen-bond donors (Lipinski definition) is 3. The molecule has 1 amide bonds. The van der Waals surface area contributed by atoms with E-state index in [1.54, 1.807) is 11.4 Å². The summed E-state index contributed by atoms with van der Waals surface area (Å²) in [4.78, 5) is 29.0. The number of rotatable bonds is 10. The lowest BCUT2D eigenvalue weighted by atomic mass is 10.1. The predicted molar refractivity (Wildman–Crippen MR) is 118 cm³/mol. The molecule has 1 aromatic carbocycles. The highest BCUT2D eigenvalue weighted by atomic mass is 32.1. The van der Waals surface area contributed by atoms with Gasteiger partial charge in [0.15, 0.2) is 5.13 Å². The number of para-hydroxylation sites is 1. The molecule has 0 atom stereocenters. The highest BCUT2D eigenvalue weighted by molar-refractivity contribution is 7.15. The van der Waals surface area contributed by atoms with Crippen LogP contribution in [0.25, 0.3) is 0 Å². The van der Waals surface area contributed by atoms with Crippen LogP contribution in [0.5, 0.6) is 0 Å². The van der Waals surface area contributed by atoms with Crippen molar-refractivity contribution in [2.45, 2.75) is 39.2 Å². The van der Waals surface area contributed by atoms with Crippen molar-refractivity contribution in [1.82, 2.24) is 4.98 Å². The van der Waals surface area contributed by atoms with Crippen molar-refractivity contribution in [3.63, 3.8) is 0 Å². The Morgan fingerprint density at radius 1 is 1.17 bits per heavy atom. The Kier molecular flexibility index (Phi) is 7.37. The summed E-state index contributed by atoms with van der Waals surface area (Å²) in [6.45, 7) is 2.84. The summed E-state index contributed by atoms with van der Waals surface area (Å²) < 4.78 is 0. The van der Waals surface area contributed by atoms with Crippen LogP contribution in [-0.2, 0) is 24.2 Å². The fourth-order valence-corrected chi connectivity index (χ4v) is 4.36. The van der Waals surface area contributed by atoms with Crippen LogP contribution >= 0.6 is 22.7 Å². The molecular formula is C21H23N3O3S2. The van der Waals surface area contributed by atoms with Gasteiger partial charge >= 0.3 is 5.97 Å². The van der Waals surface area contributed by atoms with Gasteiger partial charge in [0.05, 0.1) is 17.0 Å². The standard InChI is InChI=1S/C21H23N3O3S2/c1-2-3-6-14-7-4-5-8-17(14)22-12-16-9-10-18(29-16)20(27)24-21-23-15(13-28-21)11-19(25)26/h4-5,7-10,13,22H,2-3,6,11-12H2,1H3,(H,25,26)(H,23,24,27). The number of aromatic nitrogens is 1. The number of thiophene rings is 1. The second-order valence-corrected chi connectivity index (χ2v) is 8.58. The molecule has 0 aliphatic carbocycles. The van der Waals surface area contributed by atoms with Crippen molar-refractivity contribution < 1.29 is 14.7 Å². The minimum absolute atomic E-state index is 0.152. The quantitative estimate of drug-likeness (QED) is 0.420. The second kappa shape index (κ2) is 10.2. The third-order valence-electron chi connectivity index (χ3n) is 4.26. The molecule has 152 valence electrons. The van der Waals surface area contributed by atoms with Crippen LogP contribution in [0.15, 0.2) is 41.8 Å². The zero-order valence-electron chi connectivity index (χ0n) is 16.1. The van der Waals surface area contributed by atoms with Crippen molar-refractivity contribution in [3.8, 4) is 0 Å². The number of aryl methyl sites for hydroxylation is 1. The van der Waals surface area contributed by atoms with Crippen LogP contribution < -0.4 is 10.6 Å².